The van der Waals surface area contributed by atoms with E-state index in [0.29, 0.717) is 10.4 Å². The lowest BCUT2D eigenvalue weighted by molar-refractivity contribution is -0.119. The highest BCUT2D eigenvalue weighted by atomic mass is 79.9. The van der Waals surface area contributed by atoms with E-state index in [9.17, 15) is 4.79 Å². The number of amides is 1. The molecule has 1 heterocycles. The Morgan fingerprint density at radius 2 is 2.27 bits per heavy atom. The van der Waals surface area contributed by atoms with Gasteiger partial charge in [-0.2, -0.15) is 0 Å². The summed E-state index contributed by atoms with van der Waals surface area (Å²) in [5.41, 5.74) is 0. The van der Waals surface area contributed by atoms with E-state index in [1.54, 1.807) is 6.20 Å². The molecule has 1 aromatic heterocycles. The summed E-state index contributed by atoms with van der Waals surface area (Å²) in [4.78, 5) is 19.6. The maximum Gasteiger partial charge on any atom is 0.228 e. The van der Waals surface area contributed by atoms with Gasteiger partial charge >= 0.3 is 0 Å². The molecule has 1 rings (SSSR count). The van der Waals surface area contributed by atoms with Gasteiger partial charge in [0.2, 0.25) is 5.91 Å². The van der Waals surface area contributed by atoms with Crippen LogP contribution in [0.4, 0.5) is 5.82 Å². The molecule has 0 saturated heterocycles. The van der Waals surface area contributed by atoms with Crippen molar-refractivity contribution in [2.75, 3.05) is 5.32 Å². The number of nitrogens with zero attached hydrogens (tertiary/aromatic N) is 2. The SMILES string of the molecule is CCCC(C)C(=O)Nc1cnc(Br)cn1. The summed E-state index contributed by atoms with van der Waals surface area (Å²) in [6.07, 6.45) is 4.97. The first-order chi connectivity index (χ1) is 7.13. The molecule has 0 spiro atoms. The van der Waals surface area contributed by atoms with Crippen molar-refractivity contribution in [3.05, 3.63) is 17.0 Å². The highest BCUT2D eigenvalue weighted by Crippen LogP contribution is 2.10. The topological polar surface area (TPSA) is 54.9 Å². The highest BCUT2D eigenvalue weighted by Gasteiger charge is 2.12. The van der Waals surface area contributed by atoms with Crippen LogP contribution in [0.1, 0.15) is 26.7 Å². The van der Waals surface area contributed by atoms with E-state index in [4.69, 9.17) is 0 Å². The van der Waals surface area contributed by atoms with Crippen LogP contribution in [0.2, 0.25) is 0 Å². The first-order valence-corrected chi connectivity index (χ1v) is 5.71. The van der Waals surface area contributed by atoms with E-state index in [-0.39, 0.29) is 11.8 Å². The molecule has 5 heteroatoms. The molecule has 0 saturated carbocycles. The van der Waals surface area contributed by atoms with E-state index in [1.807, 2.05) is 6.92 Å². The Kier molecular flexibility index (Phi) is 4.68. The minimum Gasteiger partial charge on any atom is -0.309 e. The van der Waals surface area contributed by atoms with Crippen molar-refractivity contribution in [2.45, 2.75) is 26.7 Å². The van der Waals surface area contributed by atoms with Crippen molar-refractivity contribution >= 4 is 27.7 Å². The van der Waals surface area contributed by atoms with Gasteiger partial charge in [0.05, 0.1) is 12.4 Å². The average molecular weight is 272 g/mol. The van der Waals surface area contributed by atoms with Crippen molar-refractivity contribution < 1.29 is 4.79 Å². The van der Waals surface area contributed by atoms with Gasteiger partial charge in [0.15, 0.2) is 5.82 Å². The first-order valence-electron chi connectivity index (χ1n) is 4.92. The molecule has 0 aliphatic heterocycles. The predicted octanol–water partition coefficient (Wildman–Crippen LogP) is 2.61. The van der Waals surface area contributed by atoms with Crippen LogP contribution in [0.25, 0.3) is 0 Å². The second-order valence-corrected chi connectivity index (χ2v) is 4.22. The zero-order valence-corrected chi connectivity index (χ0v) is 10.4. The quantitative estimate of drug-likeness (QED) is 0.916. The predicted molar refractivity (Wildman–Crippen MR) is 62.4 cm³/mol. The fourth-order valence-electron chi connectivity index (χ4n) is 1.19. The fraction of sp³-hybridized carbons (Fsp3) is 0.500. The molecule has 0 radical (unpaired) electrons. The molecule has 0 aromatic carbocycles. The van der Waals surface area contributed by atoms with Gasteiger partial charge in [-0.1, -0.05) is 20.3 Å². The van der Waals surface area contributed by atoms with E-state index in [0.717, 1.165) is 12.8 Å². The van der Waals surface area contributed by atoms with Crippen molar-refractivity contribution in [3.8, 4) is 0 Å². The summed E-state index contributed by atoms with van der Waals surface area (Å²) in [7, 11) is 0. The summed E-state index contributed by atoms with van der Waals surface area (Å²) >= 11 is 3.18. The largest absolute Gasteiger partial charge is 0.309 e. The molecular weight excluding hydrogens is 258 g/mol. The molecule has 0 bridgehead atoms. The van der Waals surface area contributed by atoms with Crippen LogP contribution in [0.5, 0.6) is 0 Å². The van der Waals surface area contributed by atoms with E-state index < -0.39 is 0 Å². The third-order valence-electron chi connectivity index (χ3n) is 2.04. The maximum atomic E-state index is 11.6. The molecule has 1 atom stereocenters. The van der Waals surface area contributed by atoms with Crippen LogP contribution in [0.3, 0.4) is 0 Å². The number of anilines is 1. The molecular formula is C10H14BrN3O. The van der Waals surface area contributed by atoms with Gasteiger partial charge in [-0.15, -0.1) is 0 Å². The second kappa shape index (κ2) is 5.80. The maximum absolute atomic E-state index is 11.6. The third-order valence-corrected chi connectivity index (χ3v) is 2.45. The molecule has 0 fully saturated rings. The summed E-state index contributed by atoms with van der Waals surface area (Å²) in [5, 5.41) is 2.72. The normalized spacial score (nSPS) is 12.2. The zero-order chi connectivity index (χ0) is 11.3. The van der Waals surface area contributed by atoms with Gasteiger partial charge in [0, 0.05) is 5.92 Å². The molecule has 0 aliphatic rings. The molecule has 15 heavy (non-hydrogen) atoms. The summed E-state index contributed by atoms with van der Waals surface area (Å²) in [6.45, 7) is 3.97. The van der Waals surface area contributed by atoms with Crippen molar-refractivity contribution in [1.29, 1.82) is 0 Å². The van der Waals surface area contributed by atoms with Crippen LogP contribution in [0, 0.1) is 5.92 Å². The van der Waals surface area contributed by atoms with Gasteiger partial charge in [0.1, 0.15) is 4.60 Å². The Hall–Kier alpha value is -0.970. The summed E-state index contributed by atoms with van der Waals surface area (Å²) < 4.78 is 0.655. The molecule has 1 aromatic rings. The third kappa shape index (κ3) is 3.95. The van der Waals surface area contributed by atoms with Crippen LogP contribution in [-0.2, 0) is 4.79 Å². The van der Waals surface area contributed by atoms with E-state index in [2.05, 4.69) is 38.1 Å². The van der Waals surface area contributed by atoms with Crippen molar-refractivity contribution in [3.63, 3.8) is 0 Å². The number of hydrogen-bond donors (Lipinski definition) is 1. The Morgan fingerprint density at radius 3 is 2.80 bits per heavy atom. The standard InChI is InChI=1S/C10H14BrN3O/c1-3-4-7(2)10(15)14-9-6-12-8(11)5-13-9/h5-7H,3-4H2,1-2H3,(H,13,14,15). The Morgan fingerprint density at radius 1 is 1.53 bits per heavy atom. The van der Waals surface area contributed by atoms with Crippen molar-refractivity contribution in [1.82, 2.24) is 9.97 Å². The molecule has 4 nitrogen and oxygen atoms in total. The van der Waals surface area contributed by atoms with Gasteiger partial charge in [-0.25, -0.2) is 9.97 Å². The number of halogens is 1. The van der Waals surface area contributed by atoms with Crippen LogP contribution in [-0.4, -0.2) is 15.9 Å². The van der Waals surface area contributed by atoms with Crippen molar-refractivity contribution in [2.24, 2.45) is 5.92 Å². The number of aromatic nitrogens is 2. The van der Waals surface area contributed by atoms with Crippen LogP contribution in [0.15, 0.2) is 17.0 Å². The van der Waals surface area contributed by atoms with Crippen LogP contribution < -0.4 is 5.32 Å². The lowest BCUT2D eigenvalue weighted by Crippen LogP contribution is -2.20. The monoisotopic (exact) mass is 271 g/mol. The number of rotatable bonds is 4. The van der Waals surface area contributed by atoms with E-state index in [1.165, 1.54) is 6.20 Å². The number of carbonyl (C=O) groups is 1. The number of hydrogen-bond acceptors (Lipinski definition) is 3. The number of carbonyl (C=O) groups excluding carboxylic acids is 1. The van der Waals surface area contributed by atoms with Gasteiger partial charge in [-0.3, -0.25) is 4.79 Å². The lowest BCUT2D eigenvalue weighted by Gasteiger charge is -2.09. The average Bonchev–Trinajstić information content (AvgIpc) is 2.22. The Labute approximate surface area is 97.6 Å². The molecule has 0 aliphatic carbocycles. The smallest absolute Gasteiger partial charge is 0.228 e. The molecule has 82 valence electrons. The van der Waals surface area contributed by atoms with Gasteiger partial charge in [-0.05, 0) is 22.4 Å². The Bertz CT molecular complexity index is 326. The second-order valence-electron chi connectivity index (χ2n) is 3.40. The zero-order valence-electron chi connectivity index (χ0n) is 8.83. The summed E-state index contributed by atoms with van der Waals surface area (Å²) in [6, 6.07) is 0. The minimum atomic E-state index is -0.00604. The fourth-order valence-corrected chi connectivity index (χ4v) is 1.40. The summed E-state index contributed by atoms with van der Waals surface area (Å²) in [5.74, 6) is 0.500. The van der Waals surface area contributed by atoms with Gasteiger partial charge in [0.25, 0.3) is 0 Å². The lowest BCUT2D eigenvalue weighted by atomic mass is 10.1. The first kappa shape index (κ1) is 12.1. The Balaban J connectivity index is 2.54. The highest BCUT2D eigenvalue weighted by molar-refractivity contribution is 9.10. The molecule has 1 unspecified atom stereocenters. The van der Waals surface area contributed by atoms with Crippen LogP contribution >= 0.6 is 15.9 Å². The molecule has 1 amide bonds. The molecule has 1 N–H and O–H groups in total. The number of nitrogens with one attached hydrogen (secondary N) is 1. The van der Waals surface area contributed by atoms with Gasteiger partial charge < -0.3 is 5.32 Å². The minimum absolute atomic E-state index is 0.00604. The van der Waals surface area contributed by atoms with E-state index >= 15 is 0 Å².